The lowest BCUT2D eigenvalue weighted by atomic mass is 10.3. The van der Waals surface area contributed by atoms with E-state index in [9.17, 15) is 4.39 Å². The first-order valence-corrected chi connectivity index (χ1v) is 4.38. The van der Waals surface area contributed by atoms with Gasteiger partial charge in [0.25, 0.3) is 0 Å². The van der Waals surface area contributed by atoms with Crippen LogP contribution in [0.4, 0.5) is 4.39 Å². The number of nitrogens with zero attached hydrogens (tertiary/aromatic N) is 1. The van der Waals surface area contributed by atoms with Gasteiger partial charge < -0.3 is 5.73 Å². The summed E-state index contributed by atoms with van der Waals surface area (Å²) >= 11 is 0. The Morgan fingerprint density at radius 3 is 2.55 bits per heavy atom. The highest BCUT2D eigenvalue weighted by Gasteiger charge is 2.27. The zero-order chi connectivity index (χ0) is 8.10. The average molecular weight is 160 g/mol. The zero-order valence-electron chi connectivity index (χ0n) is 6.93. The fourth-order valence-electron chi connectivity index (χ4n) is 1.32. The first-order chi connectivity index (χ1) is 5.38. The Kier molecular flexibility index (Phi) is 3.80. The summed E-state index contributed by atoms with van der Waals surface area (Å²) in [5, 5.41) is 0. The molecule has 1 saturated carbocycles. The van der Waals surface area contributed by atoms with E-state index >= 15 is 0 Å². The van der Waals surface area contributed by atoms with Crippen LogP contribution in [0.3, 0.4) is 0 Å². The third-order valence-corrected chi connectivity index (χ3v) is 2.08. The molecule has 0 radical (unpaired) electrons. The Balaban J connectivity index is 2.10. The standard InChI is InChI=1S/C8H17FN2/c9-4-7-11(6-1-5-10)8-2-3-8/h8H,1-7,10H2. The Labute approximate surface area is 67.6 Å². The highest BCUT2D eigenvalue weighted by atomic mass is 19.1. The van der Waals surface area contributed by atoms with Gasteiger partial charge in [0.2, 0.25) is 0 Å². The second-order valence-electron chi connectivity index (χ2n) is 3.10. The Bertz CT molecular complexity index is 104. The number of hydrogen-bond donors (Lipinski definition) is 1. The van der Waals surface area contributed by atoms with E-state index < -0.39 is 0 Å². The van der Waals surface area contributed by atoms with Crippen molar-refractivity contribution >= 4 is 0 Å². The molecule has 0 amide bonds. The van der Waals surface area contributed by atoms with E-state index in [2.05, 4.69) is 4.90 Å². The molecule has 66 valence electrons. The molecule has 1 aliphatic carbocycles. The molecule has 0 aliphatic heterocycles. The van der Waals surface area contributed by atoms with E-state index in [4.69, 9.17) is 5.73 Å². The maximum absolute atomic E-state index is 12.0. The molecular formula is C8H17FN2. The smallest absolute Gasteiger partial charge is 0.102 e. The lowest BCUT2D eigenvalue weighted by Crippen LogP contribution is -2.30. The van der Waals surface area contributed by atoms with Gasteiger partial charge in [-0.1, -0.05) is 0 Å². The second-order valence-corrected chi connectivity index (χ2v) is 3.10. The van der Waals surface area contributed by atoms with Gasteiger partial charge in [0, 0.05) is 12.6 Å². The van der Waals surface area contributed by atoms with E-state index in [1.54, 1.807) is 0 Å². The van der Waals surface area contributed by atoms with Crippen LogP contribution in [0.1, 0.15) is 19.3 Å². The minimum absolute atomic E-state index is 0.221. The van der Waals surface area contributed by atoms with Crippen LogP contribution in [-0.4, -0.2) is 37.3 Å². The first kappa shape index (κ1) is 8.94. The Morgan fingerprint density at radius 2 is 2.09 bits per heavy atom. The van der Waals surface area contributed by atoms with E-state index in [1.807, 2.05) is 0 Å². The third-order valence-electron chi connectivity index (χ3n) is 2.08. The Morgan fingerprint density at radius 1 is 1.36 bits per heavy atom. The van der Waals surface area contributed by atoms with Crippen molar-refractivity contribution in [3.05, 3.63) is 0 Å². The van der Waals surface area contributed by atoms with Gasteiger partial charge in [0.15, 0.2) is 0 Å². The lowest BCUT2D eigenvalue weighted by molar-refractivity contribution is 0.237. The quantitative estimate of drug-likeness (QED) is 0.622. The molecule has 0 aromatic heterocycles. The highest BCUT2D eigenvalue weighted by Crippen LogP contribution is 2.26. The second kappa shape index (κ2) is 4.67. The van der Waals surface area contributed by atoms with Gasteiger partial charge >= 0.3 is 0 Å². The molecule has 0 saturated heterocycles. The summed E-state index contributed by atoms with van der Waals surface area (Å²) in [5.41, 5.74) is 5.37. The molecule has 0 heterocycles. The van der Waals surface area contributed by atoms with Crippen LogP contribution in [0.5, 0.6) is 0 Å². The Hall–Kier alpha value is -0.150. The van der Waals surface area contributed by atoms with Gasteiger partial charge in [-0.05, 0) is 32.4 Å². The van der Waals surface area contributed by atoms with Crippen LogP contribution < -0.4 is 5.73 Å². The summed E-state index contributed by atoms with van der Waals surface area (Å²) in [6, 6.07) is 0.678. The zero-order valence-corrected chi connectivity index (χ0v) is 6.93. The summed E-state index contributed by atoms with van der Waals surface area (Å²) in [7, 11) is 0. The van der Waals surface area contributed by atoms with Crippen molar-refractivity contribution in [1.82, 2.24) is 4.90 Å². The summed E-state index contributed by atoms with van der Waals surface area (Å²) in [6.45, 7) is 2.08. The van der Waals surface area contributed by atoms with Crippen LogP contribution in [0.2, 0.25) is 0 Å². The maximum Gasteiger partial charge on any atom is 0.102 e. The summed E-state index contributed by atoms with van der Waals surface area (Å²) in [4.78, 5) is 2.22. The molecule has 0 aromatic rings. The molecule has 0 bridgehead atoms. The van der Waals surface area contributed by atoms with Crippen molar-refractivity contribution in [3.63, 3.8) is 0 Å². The van der Waals surface area contributed by atoms with Crippen molar-refractivity contribution in [2.24, 2.45) is 5.73 Å². The van der Waals surface area contributed by atoms with Gasteiger partial charge in [-0.25, -0.2) is 4.39 Å². The topological polar surface area (TPSA) is 29.3 Å². The predicted octanol–water partition coefficient (Wildman–Crippen LogP) is 0.769. The van der Waals surface area contributed by atoms with Crippen LogP contribution in [0, 0.1) is 0 Å². The molecule has 0 spiro atoms. The van der Waals surface area contributed by atoms with Crippen LogP contribution >= 0.6 is 0 Å². The molecule has 2 nitrogen and oxygen atoms in total. The molecule has 0 aromatic carbocycles. The molecule has 11 heavy (non-hydrogen) atoms. The van der Waals surface area contributed by atoms with Crippen LogP contribution in [-0.2, 0) is 0 Å². The van der Waals surface area contributed by atoms with Crippen LogP contribution in [0.15, 0.2) is 0 Å². The predicted molar refractivity (Wildman–Crippen MR) is 44.2 cm³/mol. The molecule has 2 N–H and O–H groups in total. The maximum atomic E-state index is 12.0. The van der Waals surface area contributed by atoms with Crippen molar-refractivity contribution in [2.45, 2.75) is 25.3 Å². The monoisotopic (exact) mass is 160 g/mol. The summed E-state index contributed by atoms with van der Waals surface area (Å²) in [5.74, 6) is 0. The van der Waals surface area contributed by atoms with Gasteiger partial charge in [-0.2, -0.15) is 0 Å². The molecule has 3 heteroatoms. The van der Waals surface area contributed by atoms with Crippen molar-refractivity contribution in [1.29, 1.82) is 0 Å². The largest absolute Gasteiger partial charge is 0.330 e. The average Bonchev–Trinajstić information content (AvgIpc) is 2.80. The van der Waals surface area contributed by atoms with Gasteiger partial charge in [0.1, 0.15) is 6.67 Å². The molecule has 1 fully saturated rings. The number of rotatable bonds is 6. The minimum Gasteiger partial charge on any atom is -0.330 e. The highest BCUT2D eigenvalue weighted by molar-refractivity contribution is 4.84. The number of alkyl halides is 1. The van der Waals surface area contributed by atoms with E-state index in [-0.39, 0.29) is 6.67 Å². The number of hydrogen-bond acceptors (Lipinski definition) is 2. The molecular weight excluding hydrogens is 143 g/mol. The van der Waals surface area contributed by atoms with E-state index in [0.29, 0.717) is 12.6 Å². The minimum atomic E-state index is -0.221. The van der Waals surface area contributed by atoms with Gasteiger partial charge in [0.05, 0.1) is 0 Å². The summed E-state index contributed by atoms with van der Waals surface area (Å²) < 4.78 is 12.0. The van der Waals surface area contributed by atoms with Crippen molar-refractivity contribution < 1.29 is 4.39 Å². The van der Waals surface area contributed by atoms with E-state index in [1.165, 1.54) is 12.8 Å². The SMILES string of the molecule is NCCCN(CCF)C1CC1. The van der Waals surface area contributed by atoms with Gasteiger partial charge in [-0.3, -0.25) is 4.90 Å². The van der Waals surface area contributed by atoms with Crippen molar-refractivity contribution in [3.8, 4) is 0 Å². The fraction of sp³-hybridized carbons (Fsp3) is 1.00. The third kappa shape index (κ3) is 3.16. The summed E-state index contributed by atoms with van der Waals surface area (Å²) in [6.07, 6.45) is 3.51. The van der Waals surface area contributed by atoms with Crippen molar-refractivity contribution in [2.75, 3.05) is 26.3 Å². The lowest BCUT2D eigenvalue weighted by Gasteiger charge is -2.19. The molecule has 0 atom stereocenters. The normalized spacial score (nSPS) is 17.7. The molecule has 0 unspecified atom stereocenters. The first-order valence-electron chi connectivity index (χ1n) is 4.38. The number of nitrogens with two attached hydrogens (primary N) is 1. The molecule has 1 aliphatic rings. The fourth-order valence-corrected chi connectivity index (χ4v) is 1.32. The van der Waals surface area contributed by atoms with Crippen LogP contribution in [0.25, 0.3) is 0 Å². The van der Waals surface area contributed by atoms with Gasteiger partial charge in [-0.15, -0.1) is 0 Å². The van der Waals surface area contributed by atoms with E-state index in [0.717, 1.165) is 19.5 Å². The molecule has 1 rings (SSSR count). The number of halogens is 1.